The Morgan fingerprint density at radius 2 is 2.31 bits per heavy atom. The van der Waals surface area contributed by atoms with E-state index in [1.54, 1.807) is 12.1 Å². The number of nitrogens with one attached hydrogen (secondary N) is 2. The number of nitro benzene ring substituents is 1. The molecule has 0 saturated carbocycles. The number of nitrogens with zero attached hydrogens (tertiary/aromatic N) is 1. The zero-order valence-electron chi connectivity index (χ0n) is 8.99. The van der Waals surface area contributed by atoms with Gasteiger partial charge in [-0.1, -0.05) is 0 Å². The molecule has 5 heteroatoms. The summed E-state index contributed by atoms with van der Waals surface area (Å²) in [6.07, 6.45) is 2.77. The molecular weight excluding hydrogens is 206 g/mol. The number of H-pyrrole nitrogens is 1. The van der Waals surface area contributed by atoms with Gasteiger partial charge in [-0.05, 0) is 31.6 Å². The number of likely N-dealkylation sites (N-methyl/N-ethyl adjacent to an activating group) is 1. The van der Waals surface area contributed by atoms with Crippen molar-refractivity contribution in [2.45, 2.75) is 6.42 Å². The van der Waals surface area contributed by atoms with Crippen LogP contribution in [-0.2, 0) is 6.42 Å². The van der Waals surface area contributed by atoms with Gasteiger partial charge in [0.05, 0.1) is 4.92 Å². The van der Waals surface area contributed by atoms with E-state index in [2.05, 4.69) is 10.3 Å². The third kappa shape index (κ3) is 1.90. The largest absolute Gasteiger partial charge is 0.361 e. The van der Waals surface area contributed by atoms with Gasteiger partial charge in [-0.25, -0.2) is 0 Å². The van der Waals surface area contributed by atoms with Crippen LogP contribution in [0.1, 0.15) is 5.56 Å². The first-order chi connectivity index (χ1) is 7.72. The summed E-state index contributed by atoms with van der Waals surface area (Å²) in [4.78, 5) is 13.4. The number of rotatable bonds is 4. The van der Waals surface area contributed by atoms with Crippen LogP contribution in [0, 0.1) is 10.1 Å². The molecule has 2 rings (SSSR count). The fourth-order valence-electron chi connectivity index (χ4n) is 1.75. The molecule has 0 aliphatic heterocycles. The fourth-order valence-corrected chi connectivity index (χ4v) is 1.75. The molecular formula is C11H13N3O2. The Kier molecular flexibility index (Phi) is 2.87. The lowest BCUT2D eigenvalue weighted by atomic mass is 10.1. The summed E-state index contributed by atoms with van der Waals surface area (Å²) in [5, 5.41) is 14.7. The SMILES string of the molecule is CNCCc1c[nH]c2ccc([N+](=O)[O-])cc12. The Hall–Kier alpha value is -1.88. The van der Waals surface area contributed by atoms with Crippen molar-refractivity contribution >= 4 is 16.6 Å². The molecule has 2 aromatic rings. The van der Waals surface area contributed by atoms with E-state index in [9.17, 15) is 10.1 Å². The molecule has 0 bridgehead atoms. The predicted octanol–water partition coefficient (Wildman–Crippen LogP) is 1.84. The lowest BCUT2D eigenvalue weighted by molar-refractivity contribution is -0.384. The van der Waals surface area contributed by atoms with Crippen LogP contribution >= 0.6 is 0 Å². The Morgan fingerprint density at radius 3 is 3.00 bits per heavy atom. The highest BCUT2D eigenvalue weighted by Crippen LogP contribution is 2.23. The molecule has 0 aliphatic carbocycles. The summed E-state index contributed by atoms with van der Waals surface area (Å²) >= 11 is 0. The molecule has 0 saturated heterocycles. The van der Waals surface area contributed by atoms with Gasteiger partial charge in [-0.15, -0.1) is 0 Å². The molecule has 1 aromatic heterocycles. The van der Waals surface area contributed by atoms with E-state index in [0.717, 1.165) is 29.4 Å². The molecule has 0 unspecified atom stereocenters. The van der Waals surface area contributed by atoms with Crippen molar-refractivity contribution < 1.29 is 4.92 Å². The van der Waals surface area contributed by atoms with Crippen LogP contribution in [0.5, 0.6) is 0 Å². The van der Waals surface area contributed by atoms with E-state index >= 15 is 0 Å². The monoisotopic (exact) mass is 219 g/mol. The lowest BCUT2D eigenvalue weighted by Gasteiger charge is -1.98. The quantitative estimate of drug-likeness (QED) is 0.608. The maximum absolute atomic E-state index is 10.7. The molecule has 16 heavy (non-hydrogen) atoms. The van der Waals surface area contributed by atoms with Crippen molar-refractivity contribution in [3.8, 4) is 0 Å². The number of benzene rings is 1. The van der Waals surface area contributed by atoms with Crippen LogP contribution in [0.15, 0.2) is 24.4 Å². The summed E-state index contributed by atoms with van der Waals surface area (Å²) in [5.41, 5.74) is 2.18. The molecule has 2 N–H and O–H groups in total. The van der Waals surface area contributed by atoms with E-state index in [4.69, 9.17) is 0 Å². The van der Waals surface area contributed by atoms with Crippen molar-refractivity contribution in [2.24, 2.45) is 0 Å². The zero-order chi connectivity index (χ0) is 11.5. The van der Waals surface area contributed by atoms with Gasteiger partial charge >= 0.3 is 0 Å². The highest BCUT2D eigenvalue weighted by Gasteiger charge is 2.09. The Balaban J connectivity index is 2.43. The minimum Gasteiger partial charge on any atom is -0.361 e. The second-order valence-corrected chi connectivity index (χ2v) is 3.65. The van der Waals surface area contributed by atoms with E-state index < -0.39 is 0 Å². The van der Waals surface area contributed by atoms with Crippen molar-refractivity contribution in [3.05, 3.63) is 40.1 Å². The van der Waals surface area contributed by atoms with Gasteiger partial charge in [0, 0.05) is 29.2 Å². The molecule has 84 valence electrons. The summed E-state index contributed by atoms with van der Waals surface area (Å²) < 4.78 is 0. The van der Waals surface area contributed by atoms with Crippen LogP contribution in [0.2, 0.25) is 0 Å². The predicted molar refractivity (Wildman–Crippen MR) is 62.6 cm³/mol. The Labute approximate surface area is 92.6 Å². The second-order valence-electron chi connectivity index (χ2n) is 3.65. The normalized spacial score (nSPS) is 10.8. The second kappa shape index (κ2) is 4.32. The molecule has 1 aromatic carbocycles. The minimum absolute atomic E-state index is 0.137. The van der Waals surface area contributed by atoms with Gasteiger partial charge < -0.3 is 10.3 Å². The van der Waals surface area contributed by atoms with Crippen LogP contribution < -0.4 is 5.32 Å². The number of hydrogen-bond acceptors (Lipinski definition) is 3. The van der Waals surface area contributed by atoms with Gasteiger partial charge in [0.15, 0.2) is 0 Å². The Morgan fingerprint density at radius 1 is 1.50 bits per heavy atom. The first-order valence-electron chi connectivity index (χ1n) is 5.11. The van der Waals surface area contributed by atoms with E-state index in [-0.39, 0.29) is 10.6 Å². The van der Waals surface area contributed by atoms with Gasteiger partial charge in [0.2, 0.25) is 0 Å². The molecule has 0 amide bonds. The average Bonchev–Trinajstić information content (AvgIpc) is 2.68. The molecule has 0 spiro atoms. The first-order valence-corrected chi connectivity index (χ1v) is 5.11. The van der Waals surface area contributed by atoms with Gasteiger partial charge in [0.25, 0.3) is 5.69 Å². The highest BCUT2D eigenvalue weighted by molar-refractivity contribution is 5.85. The van der Waals surface area contributed by atoms with Crippen LogP contribution in [-0.4, -0.2) is 23.5 Å². The maximum Gasteiger partial charge on any atom is 0.270 e. The lowest BCUT2D eigenvalue weighted by Crippen LogP contribution is -2.09. The Bertz CT molecular complexity index is 519. The van der Waals surface area contributed by atoms with Gasteiger partial charge in [-0.2, -0.15) is 0 Å². The summed E-state index contributed by atoms with van der Waals surface area (Å²) in [5.74, 6) is 0. The third-order valence-electron chi connectivity index (χ3n) is 2.61. The summed E-state index contributed by atoms with van der Waals surface area (Å²) in [6, 6.07) is 4.88. The van der Waals surface area contributed by atoms with Crippen molar-refractivity contribution in [3.63, 3.8) is 0 Å². The van der Waals surface area contributed by atoms with Crippen molar-refractivity contribution in [2.75, 3.05) is 13.6 Å². The minimum atomic E-state index is -0.367. The van der Waals surface area contributed by atoms with Gasteiger partial charge in [-0.3, -0.25) is 10.1 Å². The number of fused-ring (bicyclic) bond motifs is 1. The number of hydrogen-bond donors (Lipinski definition) is 2. The van der Waals surface area contributed by atoms with E-state index in [0.29, 0.717) is 0 Å². The zero-order valence-corrected chi connectivity index (χ0v) is 8.99. The molecule has 0 fully saturated rings. The molecule has 1 heterocycles. The topological polar surface area (TPSA) is 71.0 Å². The summed E-state index contributed by atoms with van der Waals surface area (Å²) in [7, 11) is 1.89. The smallest absolute Gasteiger partial charge is 0.270 e. The molecule has 0 atom stereocenters. The van der Waals surface area contributed by atoms with Crippen LogP contribution in [0.4, 0.5) is 5.69 Å². The van der Waals surface area contributed by atoms with E-state index in [1.165, 1.54) is 6.07 Å². The number of nitro groups is 1. The van der Waals surface area contributed by atoms with Crippen LogP contribution in [0.25, 0.3) is 10.9 Å². The number of non-ortho nitro benzene ring substituents is 1. The van der Waals surface area contributed by atoms with E-state index in [1.807, 2.05) is 13.2 Å². The number of aromatic amines is 1. The molecule has 0 aliphatic rings. The number of aromatic nitrogens is 1. The average molecular weight is 219 g/mol. The first kappa shape index (κ1) is 10.6. The molecule has 5 nitrogen and oxygen atoms in total. The fraction of sp³-hybridized carbons (Fsp3) is 0.273. The molecule has 0 radical (unpaired) electrons. The van der Waals surface area contributed by atoms with Crippen LogP contribution in [0.3, 0.4) is 0 Å². The summed E-state index contributed by atoms with van der Waals surface area (Å²) in [6.45, 7) is 0.857. The third-order valence-corrected chi connectivity index (χ3v) is 2.61. The van der Waals surface area contributed by atoms with Crippen molar-refractivity contribution in [1.29, 1.82) is 0 Å². The highest BCUT2D eigenvalue weighted by atomic mass is 16.6. The van der Waals surface area contributed by atoms with Gasteiger partial charge in [0.1, 0.15) is 0 Å². The maximum atomic E-state index is 10.7. The van der Waals surface area contributed by atoms with Crippen molar-refractivity contribution in [1.82, 2.24) is 10.3 Å². The standard InChI is InChI=1S/C11H13N3O2/c1-12-5-4-8-7-13-11-3-2-9(14(15)16)6-10(8)11/h2-3,6-7,12-13H,4-5H2,1H3.